The van der Waals surface area contributed by atoms with Crippen LogP contribution in [0.2, 0.25) is 0 Å². The van der Waals surface area contributed by atoms with Gasteiger partial charge < -0.3 is 9.64 Å². The summed E-state index contributed by atoms with van der Waals surface area (Å²) >= 11 is 1.75. The summed E-state index contributed by atoms with van der Waals surface area (Å²) in [6, 6.07) is 10.5. The van der Waals surface area contributed by atoms with Gasteiger partial charge in [0.15, 0.2) is 0 Å². The van der Waals surface area contributed by atoms with Gasteiger partial charge in [0.2, 0.25) is 5.91 Å². The first-order valence-electron chi connectivity index (χ1n) is 10.0. The van der Waals surface area contributed by atoms with Crippen LogP contribution in [0, 0.1) is 0 Å². The molecule has 0 spiro atoms. The Morgan fingerprint density at radius 2 is 1.71 bits per heavy atom. The number of carbonyl (C=O) groups excluding carboxylic acids is 1. The van der Waals surface area contributed by atoms with Gasteiger partial charge in [0.05, 0.1) is 30.5 Å². The van der Waals surface area contributed by atoms with Gasteiger partial charge in [-0.05, 0) is 5.56 Å². The minimum absolute atomic E-state index is 0.238. The standard InChI is InChI=1S/C21H28N4O2S/c26-21(25-10-12-27-13-11-25)16-24-8-6-23(7-9-24)15-19-17-28-20(22-19)14-18-4-2-1-3-5-18/h1-5,17H,6-16H2. The average molecular weight is 401 g/mol. The van der Waals surface area contributed by atoms with Crippen LogP contribution in [0.3, 0.4) is 0 Å². The molecule has 0 unspecified atom stereocenters. The molecule has 4 rings (SSSR count). The molecule has 1 aromatic heterocycles. The maximum absolute atomic E-state index is 12.4. The third-order valence-electron chi connectivity index (χ3n) is 5.37. The topological polar surface area (TPSA) is 48.9 Å². The number of aromatic nitrogens is 1. The minimum atomic E-state index is 0.238. The number of hydrogen-bond acceptors (Lipinski definition) is 6. The molecule has 1 amide bonds. The highest BCUT2D eigenvalue weighted by Gasteiger charge is 2.23. The van der Waals surface area contributed by atoms with E-state index < -0.39 is 0 Å². The first-order valence-corrected chi connectivity index (χ1v) is 10.9. The van der Waals surface area contributed by atoms with Gasteiger partial charge in [-0.2, -0.15) is 0 Å². The Kier molecular flexibility index (Phi) is 6.69. The van der Waals surface area contributed by atoms with Crippen LogP contribution in [0.15, 0.2) is 35.7 Å². The average Bonchev–Trinajstić information content (AvgIpc) is 3.17. The summed E-state index contributed by atoms with van der Waals surface area (Å²) in [5, 5.41) is 3.36. The highest BCUT2D eigenvalue weighted by Crippen LogP contribution is 2.17. The number of carbonyl (C=O) groups is 1. The Hall–Kier alpha value is -1.80. The lowest BCUT2D eigenvalue weighted by molar-refractivity contribution is -0.136. The highest BCUT2D eigenvalue weighted by molar-refractivity contribution is 7.09. The number of thiazole rings is 1. The zero-order valence-corrected chi connectivity index (χ0v) is 17.1. The molecule has 2 fully saturated rings. The van der Waals surface area contributed by atoms with Crippen LogP contribution < -0.4 is 0 Å². The molecule has 0 atom stereocenters. The lowest BCUT2D eigenvalue weighted by atomic mass is 10.2. The quantitative estimate of drug-likeness (QED) is 0.739. The second-order valence-corrected chi connectivity index (χ2v) is 8.38. The van der Waals surface area contributed by atoms with Crippen molar-refractivity contribution in [3.05, 3.63) is 52.0 Å². The fourth-order valence-corrected chi connectivity index (χ4v) is 4.53. The molecule has 0 N–H and O–H groups in total. The van der Waals surface area contributed by atoms with Gasteiger partial charge in [0, 0.05) is 57.6 Å². The van der Waals surface area contributed by atoms with Crippen molar-refractivity contribution >= 4 is 17.2 Å². The largest absolute Gasteiger partial charge is 0.378 e. The molecule has 2 aliphatic heterocycles. The monoisotopic (exact) mass is 400 g/mol. The number of benzene rings is 1. The van der Waals surface area contributed by atoms with E-state index in [4.69, 9.17) is 9.72 Å². The molecular weight excluding hydrogens is 372 g/mol. The number of amides is 1. The van der Waals surface area contributed by atoms with Crippen LogP contribution in [-0.4, -0.2) is 84.6 Å². The maximum atomic E-state index is 12.4. The summed E-state index contributed by atoms with van der Waals surface area (Å²) in [6.45, 7) is 8.08. The van der Waals surface area contributed by atoms with Crippen LogP contribution in [0.25, 0.3) is 0 Å². The van der Waals surface area contributed by atoms with Crippen molar-refractivity contribution in [3.63, 3.8) is 0 Å². The molecule has 0 radical (unpaired) electrons. The van der Waals surface area contributed by atoms with E-state index in [1.807, 2.05) is 11.0 Å². The molecule has 1 aromatic carbocycles. The lowest BCUT2D eigenvalue weighted by Crippen LogP contribution is -2.51. The van der Waals surface area contributed by atoms with E-state index in [2.05, 4.69) is 39.4 Å². The smallest absolute Gasteiger partial charge is 0.236 e. The lowest BCUT2D eigenvalue weighted by Gasteiger charge is -2.35. The van der Waals surface area contributed by atoms with Crippen molar-refractivity contribution in [1.29, 1.82) is 0 Å². The summed E-state index contributed by atoms with van der Waals surface area (Å²) in [5.74, 6) is 0.238. The first kappa shape index (κ1) is 19.5. The Morgan fingerprint density at radius 3 is 2.46 bits per heavy atom. The Morgan fingerprint density at radius 1 is 1.00 bits per heavy atom. The van der Waals surface area contributed by atoms with Gasteiger partial charge >= 0.3 is 0 Å². The number of rotatable bonds is 6. The van der Waals surface area contributed by atoms with Crippen LogP contribution in [0.5, 0.6) is 0 Å². The van der Waals surface area contributed by atoms with Gasteiger partial charge in [0.25, 0.3) is 0 Å². The van der Waals surface area contributed by atoms with Crippen LogP contribution in [0.4, 0.5) is 0 Å². The maximum Gasteiger partial charge on any atom is 0.236 e. The molecule has 7 heteroatoms. The third kappa shape index (κ3) is 5.38. The number of morpholine rings is 1. The molecule has 0 saturated carbocycles. The Balaban J connectivity index is 1.21. The minimum Gasteiger partial charge on any atom is -0.378 e. The predicted octanol–water partition coefficient (Wildman–Crippen LogP) is 1.71. The van der Waals surface area contributed by atoms with E-state index in [-0.39, 0.29) is 5.91 Å². The second kappa shape index (κ2) is 9.60. The SMILES string of the molecule is O=C(CN1CCN(Cc2csc(Cc3ccccc3)n2)CC1)N1CCOCC1. The summed E-state index contributed by atoms with van der Waals surface area (Å²) in [6.07, 6.45) is 0.906. The Bertz CT molecular complexity index is 753. The van der Waals surface area contributed by atoms with E-state index in [1.54, 1.807) is 11.3 Å². The molecule has 0 aliphatic carbocycles. The molecule has 0 bridgehead atoms. The number of nitrogens with zero attached hydrogens (tertiary/aromatic N) is 4. The van der Waals surface area contributed by atoms with Gasteiger partial charge in [-0.15, -0.1) is 11.3 Å². The van der Waals surface area contributed by atoms with E-state index in [0.29, 0.717) is 19.8 Å². The zero-order valence-electron chi connectivity index (χ0n) is 16.3. The normalized spacial score (nSPS) is 19.1. The predicted molar refractivity (Wildman–Crippen MR) is 110 cm³/mol. The number of piperazine rings is 1. The molecule has 150 valence electrons. The molecule has 28 heavy (non-hydrogen) atoms. The van der Waals surface area contributed by atoms with Gasteiger partial charge in [-0.25, -0.2) is 4.98 Å². The van der Waals surface area contributed by atoms with Gasteiger partial charge in [0.1, 0.15) is 0 Å². The van der Waals surface area contributed by atoms with Crippen LogP contribution in [0.1, 0.15) is 16.3 Å². The molecule has 3 heterocycles. The van der Waals surface area contributed by atoms with Crippen molar-refractivity contribution in [2.24, 2.45) is 0 Å². The molecule has 2 saturated heterocycles. The fourth-order valence-electron chi connectivity index (χ4n) is 3.71. The highest BCUT2D eigenvalue weighted by atomic mass is 32.1. The molecule has 2 aliphatic rings. The molecule has 6 nitrogen and oxygen atoms in total. The summed E-state index contributed by atoms with van der Waals surface area (Å²) < 4.78 is 5.33. The summed E-state index contributed by atoms with van der Waals surface area (Å²) in [7, 11) is 0. The zero-order chi connectivity index (χ0) is 19.2. The fraction of sp³-hybridized carbons (Fsp3) is 0.524. The van der Waals surface area contributed by atoms with Crippen molar-refractivity contribution in [2.75, 3.05) is 59.0 Å². The number of hydrogen-bond donors (Lipinski definition) is 0. The molecular formula is C21H28N4O2S. The number of ether oxygens (including phenoxy) is 1. The van der Waals surface area contributed by atoms with Crippen molar-refractivity contribution < 1.29 is 9.53 Å². The first-order chi connectivity index (χ1) is 13.8. The van der Waals surface area contributed by atoms with E-state index >= 15 is 0 Å². The van der Waals surface area contributed by atoms with Crippen LogP contribution >= 0.6 is 11.3 Å². The van der Waals surface area contributed by atoms with Crippen molar-refractivity contribution in [2.45, 2.75) is 13.0 Å². The van der Waals surface area contributed by atoms with E-state index in [1.165, 1.54) is 10.6 Å². The van der Waals surface area contributed by atoms with E-state index in [9.17, 15) is 4.79 Å². The Labute approximate surface area is 170 Å². The van der Waals surface area contributed by atoms with Crippen molar-refractivity contribution in [1.82, 2.24) is 19.7 Å². The molecule has 2 aromatic rings. The second-order valence-electron chi connectivity index (χ2n) is 7.44. The van der Waals surface area contributed by atoms with Gasteiger partial charge in [-0.1, -0.05) is 30.3 Å². The van der Waals surface area contributed by atoms with Crippen LogP contribution in [-0.2, 0) is 22.5 Å². The van der Waals surface area contributed by atoms with E-state index in [0.717, 1.165) is 57.9 Å². The summed E-state index contributed by atoms with van der Waals surface area (Å²) in [4.78, 5) is 23.9. The third-order valence-corrected chi connectivity index (χ3v) is 6.27. The van der Waals surface area contributed by atoms with Crippen molar-refractivity contribution in [3.8, 4) is 0 Å². The summed E-state index contributed by atoms with van der Waals surface area (Å²) in [5.41, 5.74) is 2.47. The van der Waals surface area contributed by atoms with Gasteiger partial charge in [-0.3, -0.25) is 14.6 Å².